The maximum atomic E-state index is 12.7. The van der Waals surface area contributed by atoms with Gasteiger partial charge in [0.05, 0.1) is 12.8 Å². The van der Waals surface area contributed by atoms with E-state index in [0.717, 1.165) is 43.9 Å². The van der Waals surface area contributed by atoms with Crippen molar-refractivity contribution in [2.75, 3.05) is 25.6 Å². The molecule has 28 heavy (non-hydrogen) atoms. The van der Waals surface area contributed by atoms with Crippen LogP contribution in [0.3, 0.4) is 0 Å². The molecule has 0 saturated carbocycles. The molecular formula is C20H23N5O3. The molecule has 3 aromatic rings. The summed E-state index contributed by atoms with van der Waals surface area (Å²) in [6.07, 6.45) is 6.29. The molecule has 4 rings (SSSR count). The van der Waals surface area contributed by atoms with E-state index >= 15 is 0 Å². The molecule has 1 saturated heterocycles. The quantitative estimate of drug-likeness (QED) is 0.731. The molecule has 146 valence electrons. The van der Waals surface area contributed by atoms with Crippen LogP contribution < -0.4 is 10.1 Å². The molecule has 1 amide bonds. The van der Waals surface area contributed by atoms with E-state index in [1.165, 1.54) is 7.11 Å². The Bertz CT molecular complexity index is 995. The van der Waals surface area contributed by atoms with Crippen LogP contribution in [-0.4, -0.2) is 45.6 Å². The zero-order valence-corrected chi connectivity index (χ0v) is 16.0. The van der Waals surface area contributed by atoms with E-state index in [9.17, 15) is 4.79 Å². The Balaban J connectivity index is 1.63. The Kier molecular flexibility index (Phi) is 5.21. The number of fused-ring (bicyclic) bond motifs is 1. The van der Waals surface area contributed by atoms with Gasteiger partial charge < -0.3 is 14.8 Å². The molecule has 0 aromatic carbocycles. The average molecular weight is 381 g/mol. The van der Waals surface area contributed by atoms with Gasteiger partial charge in [-0.2, -0.15) is 0 Å². The van der Waals surface area contributed by atoms with Crippen molar-refractivity contribution in [3.63, 3.8) is 0 Å². The molecule has 0 bridgehead atoms. The summed E-state index contributed by atoms with van der Waals surface area (Å²) in [5.74, 6) is 0.818. The Labute approximate surface area is 162 Å². The van der Waals surface area contributed by atoms with Crippen LogP contribution in [0.15, 0.2) is 30.6 Å². The fourth-order valence-electron chi connectivity index (χ4n) is 3.35. The summed E-state index contributed by atoms with van der Waals surface area (Å²) in [5.41, 5.74) is 2.73. The lowest BCUT2D eigenvalue weighted by molar-refractivity contribution is 0.0846. The molecule has 0 radical (unpaired) electrons. The summed E-state index contributed by atoms with van der Waals surface area (Å²) >= 11 is 0. The number of ether oxygens (including phenoxy) is 2. The fraction of sp³-hybridized carbons (Fsp3) is 0.400. The second kappa shape index (κ2) is 7.93. The van der Waals surface area contributed by atoms with Crippen molar-refractivity contribution in [3.05, 3.63) is 47.7 Å². The smallest absolute Gasteiger partial charge is 0.277 e. The number of rotatable bonds is 5. The average Bonchev–Trinajstić information content (AvgIpc) is 3.18. The number of hydrogen-bond acceptors (Lipinski definition) is 6. The van der Waals surface area contributed by atoms with E-state index < -0.39 is 0 Å². The molecule has 0 spiro atoms. The summed E-state index contributed by atoms with van der Waals surface area (Å²) in [6.45, 7) is 3.50. The van der Waals surface area contributed by atoms with Gasteiger partial charge in [0.15, 0.2) is 0 Å². The van der Waals surface area contributed by atoms with Crippen LogP contribution in [0.2, 0.25) is 0 Å². The summed E-state index contributed by atoms with van der Waals surface area (Å²) in [6, 6.07) is 5.55. The van der Waals surface area contributed by atoms with Crippen LogP contribution in [0.25, 0.3) is 5.65 Å². The van der Waals surface area contributed by atoms with E-state index in [1.807, 2.05) is 25.3 Å². The molecule has 4 heterocycles. The number of aromatic nitrogens is 4. The van der Waals surface area contributed by atoms with Crippen molar-refractivity contribution < 1.29 is 14.3 Å². The number of carbonyl (C=O) groups excluding carboxylic acids is 1. The highest BCUT2D eigenvalue weighted by atomic mass is 16.5. The number of amides is 1. The lowest BCUT2D eigenvalue weighted by Gasteiger charge is -2.19. The molecule has 8 heteroatoms. The highest BCUT2D eigenvalue weighted by Crippen LogP contribution is 2.28. The zero-order chi connectivity index (χ0) is 19.5. The van der Waals surface area contributed by atoms with Crippen LogP contribution in [0.4, 0.5) is 5.82 Å². The molecular weight excluding hydrogens is 358 g/mol. The van der Waals surface area contributed by atoms with Crippen molar-refractivity contribution in [3.8, 4) is 5.88 Å². The van der Waals surface area contributed by atoms with Crippen molar-refractivity contribution in [2.45, 2.75) is 32.1 Å². The highest BCUT2D eigenvalue weighted by Gasteiger charge is 2.21. The number of carbonyl (C=O) groups is 1. The van der Waals surface area contributed by atoms with Crippen molar-refractivity contribution in [1.29, 1.82) is 0 Å². The summed E-state index contributed by atoms with van der Waals surface area (Å²) in [5, 5.41) is 2.80. The number of nitrogens with zero attached hydrogens (tertiary/aromatic N) is 4. The second-order valence-corrected chi connectivity index (χ2v) is 6.74. The third-order valence-electron chi connectivity index (χ3n) is 4.90. The van der Waals surface area contributed by atoms with Crippen LogP contribution in [0.1, 0.15) is 47.6 Å². The molecule has 1 N–H and O–H groups in total. The summed E-state index contributed by atoms with van der Waals surface area (Å²) in [7, 11) is 1.53. The van der Waals surface area contributed by atoms with Crippen molar-refractivity contribution in [1.82, 2.24) is 19.4 Å². The molecule has 0 atom stereocenters. The van der Waals surface area contributed by atoms with Crippen molar-refractivity contribution in [2.24, 2.45) is 0 Å². The van der Waals surface area contributed by atoms with Crippen LogP contribution in [-0.2, 0) is 11.2 Å². The van der Waals surface area contributed by atoms with E-state index in [2.05, 4.69) is 15.3 Å². The molecule has 0 unspecified atom stereocenters. The number of aryl methyl sites for hydroxylation is 1. The maximum absolute atomic E-state index is 12.7. The van der Waals surface area contributed by atoms with E-state index in [1.54, 1.807) is 16.7 Å². The highest BCUT2D eigenvalue weighted by molar-refractivity contribution is 6.02. The molecule has 1 aliphatic rings. The molecule has 1 fully saturated rings. The number of methoxy groups -OCH3 is 1. The van der Waals surface area contributed by atoms with Gasteiger partial charge in [0.2, 0.25) is 5.65 Å². The first-order valence-corrected chi connectivity index (χ1v) is 9.46. The van der Waals surface area contributed by atoms with Gasteiger partial charge in [-0.25, -0.2) is 15.0 Å². The minimum absolute atomic E-state index is 0.240. The Morgan fingerprint density at radius 3 is 2.82 bits per heavy atom. The SMILES string of the molecule is CCc1cccc(NC(=O)c2cn3cc(C4CCOCC4)nc3c(OC)n2)n1. The van der Waals surface area contributed by atoms with Gasteiger partial charge in [-0.05, 0) is 31.4 Å². The summed E-state index contributed by atoms with van der Waals surface area (Å²) < 4.78 is 12.6. The number of anilines is 1. The van der Waals surface area contributed by atoms with Gasteiger partial charge in [0.25, 0.3) is 11.8 Å². The first kappa shape index (κ1) is 18.4. The van der Waals surface area contributed by atoms with E-state index in [4.69, 9.17) is 14.5 Å². The Morgan fingerprint density at radius 1 is 1.25 bits per heavy atom. The first-order chi connectivity index (χ1) is 13.7. The predicted molar refractivity (Wildman–Crippen MR) is 104 cm³/mol. The Hall–Kier alpha value is -3.00. The molecule has 1 aliphatic heterocycles. The van der Waals surface area contributed by atoms with Gasteiger partial charge in [-0.3, -0.25) is 9.20 Å². The third kappa shape index (κ3) is 3.68. The summed E-state index contributed by atoms with van der Waals surface area (Å²) in [4.78, 5) is 26.2. The number of pyridine rings is 1. The largest absolute Gasteiger partial charge is 0.478 e. The molecule has 8 nitrogen and oxygen atoms in total. The van der Waals surface area contributed by atoms with Gasteiger partial charge in [-0.1, -0.05) is 13.0 Å². The monoisotopic (exact) mass is 381 g/mol. The van der Waals surface area contributed by atoms with Gasteiger partial charge in [0.1, 0.15) is 11.5 Å². The standard InChI is InChI=1S/C20H23N5O3/c1-3-14-5-4-6-17(21-14)24-19(26)16-12-25-11-15(13-7-9-28-10-8-13)22-18(25)20(23-16)27-2/h4-6,11-13H,3,7-10H2,1-2H3,(H,21,24,26). The normalized spacial score (nSPS) is 14.9. The third-order valence-corrected chi connectivity index (χ3v) is 4.90. The number of imidazole rings is 1. The van der Waals surface area contributed by atoms with E-state index in [-0.39, 0.29) is 11.6 Å². The van der Waals surface area contributed by atoms with Crippen LogP contribution >= 0.6 is 0 Å². The minimum atomic E-state index is -0.345. The Morgan fingerprint density at radius 2 is 2.07 bits per heavy atom. The molecule has 0 aliphatic carbocycles. The van der Waals surface area contributed by atoms with Crippen LogP contribution in [0, 0.1) is 0 Å². The van der Waals surface area contributed by atoms with Gasteiger partial charge in [0, 0.05) is 37.2 Å². The van der Waals surface area contributed by atoms with Crippen molar-refractivity contribution >= 4 is 17.4 Å². The lowest BCUT2D eigenvalue weighted by atomic mass is 9.97. The lowest BCUT2D eigenvalue weighted by Crippen LogP contribution is -2.16. The van der Waals surface area contributed by atoms with E-state index in [0.29, 0.717) is 23.3 Å². The number of hydrogen-bond donors (Lipinski definition) is 1. The van der Waals surface area contributed by atoms with Crippen LogP contribution in [0.5, 0.6) is 5.88 Å². The molecule has 3 aromatic heterocycles. The van der Waals surface area contributed by atoms with Gasteiger partial charge >= 0.3 is 0 Å². The minimum Gasteiger partial charge on any atom is -0.478 e. The fourth-order valence-corrected chi connectivity index (χ4v) is 3.35. The van der Waals surface area contributed by atoms with Gasteiger partial charge in [-0.15, -0.1) is 0 Å². The maximum Gasteiger partial charge on any atom is 0.277 e. The first-order valence-electron chi connectivity index (χ1n) is 9.46. The topological polar surface area (TPSA) is 90.6 Å². The zero-order valence-electron chi connectivity index (χ0n) is 16.0. The predicted octanol–water partition coefficient (Wildman–Crippen LogP) is 2.84. The number of nitrogens with one attached hydrogen (secondary N) is 1. The second-order valence-electron chi connectivity index (χ2n) is 6.74.